The second kappa shape index (κ2) is 4.27. The molecular formula is C7H14N2O3. The summed E-state index contributed by atoms with van der Waals surface area (Å²) < 4.78 is 5.14. The minimum absolute atomic E-state index is 0.00218. The van der Waals surface area contributed by atoms with Crippen molar-refractivity contribution in [1.82, 2.24) is 10.6 Å². The van der Waals surface area contributed by atoms with Crippen LogP contribution in [0.25, 0.3) is 0 Å². The Labute approximate surface area is 71.1 Å². The van der Waals surface area contributed by atoms with Gasteiger partial charge in [-0.3, -0.25) is 0 Å². The minimum Gasteiger partial charge on any atom is -0.465 e. The molecule has 70 valence electrons. The highest BCUT2D eigenvalue weighted by molar-refractivity contribution is 5.65. The summed E-state index contributed by atoms with van der Waals surface area (Å²) in [6, 6.07) is -0.124. The maximum absolute atomic E-state index is 10.3. The van der Waals surface area contributed by atoms with Crippen molar-refractivity contribution >= 4 is 6.09 Å². The van der Waals surface area contributed by atoms with Crippen molar-refractivity contribution < 1.29 is 14.6 Å². The fraction of sp³-hybridized carbons (Fsp3) is 0.857. The van der Waals surface area contributed by atoms with E-state index in [1.165, 1.54) is 0 Å². The smallest absolute Gasteiger partial charge is 0.405 e. The molecule has 0 bridgehead atoms. The highest BCUT2D eigenvalue weighted by Gasteiger charge is 2.25. The van der Waals surface area contributed by atoms with Crippen LogP contribution in [0.4, 0.5) is 4.79 Å². The number of carbonyl (C=O) groups is 1. The van der Waals surface area contributed by atoms with Crippen LogP contribution in [0.3, 0.4) is 0 Å². The second-order valence-corrected chi connectivity index (χ2v) is 2.82. The zero-order valence-electron chi connectivity index (χ0n) is 7.04. The lowest BCUT2D eigenvalue weighted by atomic mass is 10.0. The first kappa shape index (κ1) is 9.28. The third-order valence-corrected chi connectivity index (χ3v) is 2.03. The molecule has 12 heavy (non-hydrogen) atoms. The predicted molar refractivity (Wildman–Crippen MR) is 43.2 cm³/mol. The van der Waals surface area contributed by atoms with E-state index in [1.54, 1.807) is 7.11 Å². The number of piperidine rings is 1. The van der Waals surface area contributed by atoms with Crippen LogP contribution in [0.15, 0.2) is 0 Å². The van der Waals surface area contributed by atoms with Gasteiger partial charge in [0.2, 0.25) is 0 Å². The molecule has 1 aliphatic rings. The zero-order valence-corrected chi connectivity index (χ0v) is 7.04. The molecule has 0 saturated carbocycles. The van der Waals surface area contributed by atoms with Gasteiger partial charge in [0, 0.05) is 13.7 Å². The topological polar surface area (TPSA) is 70.6 Å². The molecule has 0 spiro atoms. The van der Waals surface area contributed by atoms with Gasteiger partial charge in [-0.2, -0.15) is 0 Å². The molecule has 0 aromatic heterocycles. The van der Waals surface area contributed by atoms with Crippen LogP contribution >= 0.6 is 0 Å². The molecule has 1 rings (SSSR count). The van der Waals surface area contributed by atoms with Crippen LogP contribution in [-0.4, -0.2) is 43.5 Å². The Morgan fingerprint density at radius 3 is 3.08 bits per heavy atom. The SMILES string of the molecule is CO[C@@H]1CCNC[C@H]1NC(=O)O. The van der Waals surface area contributed by atoms with Crippen LogP contribution < -0.4 is 10.6 Å². The second-order valence-electron chi connectivity index (χ2n) is 2.82. The molecule has 0 unspecified atom stereocenters. The number of nitrogens with one attached hydrogen (secondary N) is 2. The summed E-state index contributed by atoms with van der Waals surface area (Å²) >= 11 is 0. The number of hydrogen-bond acceptors (Lipinski definition) is 3. The van der Waals surface area contributed by atoms with Gasteiger partial charge in [-0.25, -0.2) is 4.79 Å². The van der Waals surface area contributed by atoms with Crippen LogP contribution in [0.5, 0.6) is 0 Å². The monoisotopic (exact) mass is 174 g/mol. The first-order chi connectivity index (χ1) is 5.74. The quantitative estimate of drug-likeness (QED) is 0.534. The number of ether oxygens (including phenoxy) is 1. The van der Waals surface area contributed by atoms with E-state index in [0.29, 0.717) is 6.54 Å². The Morgan fingerprint density at radius 1 is 1.75 bits per heavy atom. The van der Waals surface area contributed by atoms with E-state index in [0.717, 1.165) is 13.0 Å². The summed E-state index contributed by atoms with van der Waals surface area (Å²) in [5.74, 6) is 0. The number of carboxylic acid groups (broad SMARTS) is 1. The number of methoxy groups -OCH3 is 1. The highest BCUT2D eigenvalue weighted by atomic mass is 16.5. The zero-order chi connectivity index (χ0) is 8.97. The average Bonchev–Trinajstić information content (AvgIpc) is 2.04. The summed E-state index contributed by atoms with van der Waals surface area (Å²) in [5.41, 5.74) is 0. The van der Waals surface area contributed by atoms with Gasteiger partial charge in [0.15, 0.2) is 0 Å². The molecule has 5 nitrogen and oxygen atoms in total. The normalized spacial score (nSPS) is 29.8. The van der Waals surface area contributed by atoms with Crippen molar-refractivity contribution in [1.29, 1.82) is 0 Å². The van der Waals surface area contributed by atoms with Gasteiger partial charge in [-0.05, 0) is 13.0 Å². The lowest BCUT2D eigenvalue weighted by molar-refractivity contribution is 0.0483. The lowest BCUT2D eigenvalue weighted by Crippen LogP contribution is -2.54. The number of hydrogen-bond donors (Lipinski definition) is 3. The first-order valence-electron chi connectivity index (χ1n) is 3.97. The largest absolute Gasteiger partial charge is 0.465 e. The minimum atomic E-state index is -0.995. The number of amides is 1. The first-order valence-corrected chi connectivity index (χ1v) is 3.97. The molecule has 1 heterocycles. The summed E-state index contributed by atoms with van der Waals surface area (Å²) in [4.78, 5) is 10.3. The summed E-state index contributed by atoms with van der Waals surface area (Å²) in [6.45, 7) is 1.53. The molecule has 5 heteroatoms. The molecule has 1 fully saturated rings. The Bertz CT molecular complexity index is 163. The molecule has 0 radical (unpaired) electrons. The van der Waals surface area contributed by atoms with Gasteiger partial charge in [-0.1, -0.05) is 0 Å². The van der Waals surface area contributed by atoms with Crippen molar-refractivity contribution in [2.75, 3.05) is 20.2 Å². The summed E-state index contributed by atoms with van der Waals surface area (Å²) in [6.07, 6.45) is -0.144. The third-order valence-electron chi connectivity index (χ3n) is 2.03. The molecule has 1 aliphatic heterocycles. The third kappa shape index (κ3) is 2.35. The maximum atomic E-state index is 10.3. The molecule has 1 amide bonds. The van der Waals surface area contributed by atoms with E-state index in [2.05, 4.69) is 10.6 Å². The molecule has 0 aromatic rings. The van der Waals surface area contributed by atoms with Crippen LogP contribution in [-0.2, 0) is 4.74 Å². The molecule has 0 aliphatic carbocycles. The van der Waals surface area contributed by atoms with Crippen LogP contribution in [0.2, 0.25) is 0 Å². The Balaban J connectivity index is 2.41. The van der Waals surface area contributed by atoms with Gasteiger partial charge in [0.25, 0.3) is 0 Å². The summed E-state index contributed by atoms with van der Waals surface area (Å²) in [7, 11) is 1.60. The van der Waals surface area contributed by atoms with Crippen LogP contribution in [0, 0.1) is 0 Å². The molecule has 2 atom stereocenters. The molecule has 0 aromatic carbocycles. The van der Waals surface area contributed by atoms with E-state index in [-0.39, 0.29) is 12.1 Å². The van der Waals surface area contributed by atoms with Crippen molar-refractivity contribution in [2.45, 2.75) is 18.6 Å². The maximum Gasteiger partial charge on any atom is 0.405 e. The van der Waals surface area contributed by atoms with E-state index in [4.69, 9.17) is 9.84 Å². The van der Waals surface area contributed by atoms with Crippen molar-refractivity contribution in [3.8, 4) is 0 Å². The fourth-order valence-electron chi connectivity index (χ4n) is 1.42. The van der Waals surface area contributed by atoms with Crippen molar-refractivity contribution in [2.24, 2.45) is 0 Å². The van der Waals surface area contributed by atoms with E-state index in [1.807, 2.05) is 0 Å². The molecule has 1 saturated heterocycles. The van der Waals surface area contributed by atoms with Crippen molar-refractivity contribution in [3.05, 3.63) is 0 Å². The van der Waals surface area contributed by atoms with Gasteiger partial charge in [-0.15, -0.1) is 0 Å². The molecular weight excluding hydrogens is 160 g/mol. The van der Waals surface area contributed by atoms with E-state index < -0.39 is 6.09 Å². The van der Waals surface area contributed by atoms with Gasteiger partial charge in [0.1, 0.15) is 0 Å². The van der Waals surface area contributed by atoms with Crippen molar-refractivity contribution in [3.63, 3.8) is 0 Å². The lowest BCUT2D eigenvalue weighted by Gasteiger charge is -2.30. The van der Waals surface area contributed by atoms with Gasteiger partial charge in [0.05, 0.1) is 12.1 Å². The van der Waals surface area contributed by atoms with Gasteiger partial charge < -0.3 is 20.5 Å². The standard InChI is InChI=1S/C7H14N2O3/c1-12-6-2-3-8-4-5(6)9-7(10)11/h5-6,8-9H,2-4H2,1H3,(H,10,11)/t5-,6-/m1/s1. The predicted octanol–water partition coefficient (Wildman–Crippen LogP) is -0.369. The van der Waals surface area contributed by atoms with Crippen LogP contribution in [0.1, 0.15) is 6.42 Å². The Kier molecular flexibility index (Phi) is 3.31. The molecule has 3 N–H and O–H groups in total. The van der Waals surface area contributed by atoms with Gasteiger partial charge >= 0.3 is 6.09 Å². The number of rotatable bonds is 2. The summed E-state index contributed by atoms with van der Waals surface area (Å²) in [5, 5.41) is 14.0. The Morgan fingerprint density at radius 2 is 2.50 bits per heavy atom. The average molecular weight is 174 g/mol. The Hall–Kier alpha value is -0.810. The van der Waals surface area contributed by atoms with E-state index in [9.17, 15) is 4.79 Å². The highest BCUT2D eigenvalue weighted by Crippen LogP contribution is 2.06. The fourth-order valence-corrected chi connectivity index (χ4v) is 1.42. The van der Waals surface area contributed by atoms with E-state index >= 15 is 0 Å².